The maximum absolute atomic E-state index is 6.31. The second-order valence-electron chi connectivity index (χ2n) is 11.5. The van der Waals surface area contributed by atoms with Gasteiger partial charge < -0.3 is 24.2 Å². The zero-order chi connectivity index (χ0) is 28.2. The zero-order valence-corrected chi connectivity index (χ0v) is 24.6. The molecule has 0 bridgehead atoms. The lowest BCUT2D eigenvalue weighted by Gasteiger charge is -2.33. The molecule has 216 valence electrons. The average molecular weight is 556 g/mol. The van der Waals surface area contributed by atoms with Crippen molar-refractivity contribution in [2.75, 3.05) is 69.9 Å². The van der Waals surface area contributed by atoms with Crippen molar-refractivity contribution < 1.29 is 9.47 Å². The zero-order valence-electron chi connectivity index (χ0n) is 24.6. The molecule has 0 amide bonds. The van der Waals surface area contributed by atoms with Crippen LogP contribution in [-0.2, 0) is 17.7 Å². The van der Waals surface area contributed by atoms with Crippen LogP contribution in [-0.4, -0.2) is 93.1 Å². The van der Waals surface area contributed by atoms with Gasteiger partial charge in [0, 0.05) is 49.4 Å². The highest BCUT2D eigenvalue weighted by Crippen LogP contribution is 2.36. The highest BCUT2D eigenvalue weighted by Gasteiger charge is 2.31. The number of methoxy groups -OCH3 is 1. The van der Waals surface area contributed by atoms with Crippen LogP contribution in [0.15, 0.2) is 46.4 Å². The second-order valence-corrected chi connectivity index (χ2v) is 11.5. The van der Waals surface area contributed by atoms with E-state index < -0.39 is 0 Å². The van der Waals surface area contributed by atoms with Gasteiger partial charge in [-0.3, -0.25) is 0 Å². The number of aromatic nitrogens is 2. The third-order valence-corrected chi connectivity index (χ3v) is 8.71. The molecule has 0 aliphatic carbocycles. The molecule has 4 heterocycles. The molecule has 3 aliphatic heterocycles. The molecule has 2 fully saturated rings. The molecule has 0 saturated carbocycles. The number of hydrogen-bond donors (Lipinski definition) is 0. The Hall–Kier alpha value is -3.52. The third kappa shape index (κ3) is 6.08. The smallest absolute Gasteiger partial charge is 0.318 e. The van der Waals surface area contributed by atoms with E-state index in [1.165, 1.54) is 34.0 Å². The van der Waals surface area contributed by atoms with Crippen LogP contribution in [0.2, 0.25) is 0 Å². The predicted octanol–water partition coefficient (Wildman–Crippen LogP) is 4.37. The van der Waals surface area contributed by atoms with E-state index in [2.05, 4.69) is 81.1 Å². The minimum Gasteiger partial charge on any atom is -0.462 e. The number of ether oxygens (including phenoxy) is 2. The van der Waals surface area contributed by atoms with Gasteiger partial charge in [-0.1, -0.05) is 30.3 Å². The maximum atomic E-state index is 6.31. The molecule has 2 atom stereocenters. The minimum absolute atomic E-state index is 0.155. The van der Waals surface area contributed by atoms with Crippen LogP contribution in [0.3, 0.4) is 0 Å². The largest absolute Gasteiger partial charge is 0.462 e. The lowest BCUT2D eigenvalue weighted by Crippen LogP contribution is -2.35. The Morgan fingerprint density at radius 2 is 1.93 bits per heavy atom. The Labute approximate surface area is 242 Å². The molecule has 3 aromatic rings. The van der Waals surface area contributed by atoms with Gasteiger partial charge in [0.1, 0.15) is 12.4 Å². The van der Waals surface area contributed by atoms with Crippen LogP contribution in [0, 0.1) is 6.92 Å². The molecular weight excluding hydrogens is 514 g/mol. The van der Waals surface area contributed by atoms with Crippen LogP contribution >= 0.6 is 0 Å². The van der Waals surface area contributed by atoms with E-state index in [9.17, 15) is 0 Å². The van der Waals surface area contributed by atoms with Gasteiger partial charge in [0.2, 0.25) is 0 Å². The average Bonchev–Trinajstić information content (AvgIpc) is 3.64. The summed E-state index contributed by atoms with van der Waals surface area (Å²) in [6.07, 6.45) is 4.21. The van der Waals surface area contributed by atoms with E-state index in [0.717, 1.165) is 63.5 Å². The highest BCUT2D eigenvalue weighted by atomic mass is 16.5. The number of likely N-dealkylation sites (N-methyl/N-ethyl adjacent to an activating group) is 1. The van der Waals surface area contributed by atoms with Gasteiger partial charge in [-0.05, 0) is 63.2 Å². The summed E-state index contributed by atoms with van der Waals surface area (Å²) in [4.78, 5) is 26.1. The van der Waals surface area contributed by atoms with Crippen LogP contribution in [0.1, 0.15) is 36.1 Å². The van der Waals surface area contributed by atoms with E-state index in [1.807, 2.05) is 0 Å². The number of aryl methyl sites for hydroxylation is 1. The minimum atomic E-state index is 0.155. The van der Waals surface area contributed by atoms with Crippen LogP contribution < -0.4 is 14.5 Å². The molecule has 9 nitrogen and oxygen atoms in total. The molecule has 1 unspecified atom stereocenters. The predicted molar refractivity (Wildman–Crippen MR) is 164 cm³/mol. The van der Waals surface area contributed by atoms with Gasteiger partial charge >= 0.3 is 6.01 Å². The molecule has 0 radical (unpaired) electrons. The quantitative estimate of drug-likeness (QED) is 0.287. The molecule has 3 aliphatic rings. The summed E-state index contributed by atoms with van der Waals surface area (Å²) in [5, 5.41) is 2.59. The molecule has 6 rings (SSSR count). The first-order chi connectivity index (χ1) is 20.1. The first-order valence-corrected chi connectivity index (χ1v) is 14.9. The van der Waals surface area contributed by atoms with Crippen molar-refractivity contribution in [3.63, 3.8) is 0 Å². The Bertz CT molecular complexity index is 1430. The summed E-state index contributed by atoms with van der Waals surface area (Å²) in [5.41, 5.74) is 4.87. The topological polar surface area (TPSA) is 78.7 Å². The van der Waals surface area contributed by atoms with E-state index in [1.54, 1.807) is 7.11 Å². The van der Waals surface area contributed by atoms with Crippen molar-refractivity contribution >= 4 is 28.3 Å². The summed E-state index contributed by atoms with van der Waals surface area (Å²) in [5.74, 6) is 1.01. The number of anilines is 2. The highest BCUT2D eigenvalue weighted by molar-refractivity contribution is 5.97. The van der Waals surface area contributed by atoms with Crippen LogP contribution in [0.4, 0.5) is 11.5 Å². The molecule has 0 N–H and O–H groups in total. The van der Waals surface area contributed by atoms with Crippen LogP contribution in [0.5, 0.6) is 6.01 Å². The van der Waals surface area contributed by atoms with Crippen molar-refractivity contribution in [3.8, 4) is 6.01 Å². The fourth-order valence-corrected chi connectivity index (χ4v) is 6.40. The fraction of sp³-hybridized carbons (Fsp3) is 0.531. The summed E-state index contributed by atoms with van der Waals surface area (Å²) in [7, 11) is 3.85. The molecule has 41 heavy (non-hydrogen) atoms. The van der Waals surface area contributed by atoms with Gasteiger partial charge in [0.15, 0.2) is 0 Å². The maximum Gasteiger partial charge on any atom is 0.318 e. The standard InChI is InChI=1S/C32H41N7O2/c1-23-7-4-8-24-9-5-11-29(30(23)24)38-17-13-27-28(20-38)35-32(41-21-26-10-6-15-37(26)2)36-31(27)39-16-12-25(19-39)34-22-33-14-18-40-3/h4-5,7-9,11,25-26H,6,10,12-21H2,1-3H3/t25?,26-/m0/s1. The number of nitrogens with zero attached hydrogens (tertiary/aromatic N) is 7. The van der Waals surface area contributed by atoms with Gasteiger partial charge in [-0.15, -0.1) is 0 Å². The summed E-state index contributed by atoms with van der Waals surface area (Å²) in [6.45, 7) is 8.46. The fourth-order valence-electron chi connectivity index (χ4n) is 6.40. The number of aliphatic imine (C=N–C) groups is 2. The molecule has 2 aromatic carbocycles. The Kier molecular flexibility index (Phi) is 8.46. The molecule has 2 saturated heterocycles. The van der Waals surface area contributed by atoms with E-state index in [-0.39, 0.29) is 6.04 Å². The van der Waals surface area contributed by atoms with Crippen molar-refractivity contribution in [2.24, 2.45) is 9.98 Å². The van der Waals surface area contributed by atoms with E-state index >= 15 is 0 Å². The van der Waals surface area contributed by atoms with Gasteiger partial charge in [-0.2, -0.15) is 9.97 Å². The lowest BCUT2D eigenvalue weighted by atomic mass is 10.00. The molecule has 1 aromatic heterocycles. The molecule has 9 heteroatoms. The van der Waals surface area contributed by atoms with Crippen LogP contribution in [0.25, 0.3) is 10.8 Å². The first kappa shape index (κ1) is 27.6. The Morgan fingerprint density at radius 1 is 1.05 bits per heavy atom. The monoisotopic (exact) mass is 555 g/mol. The first-order valence-electron chi connectivity index (χ1n) is 14.9. The third-order valence-electron chi connectivity index (χ3n) is 8.71. The number of benzene rings is 2. The van der Waals surface area contributed by atoms with Gasteiger partial charge in [0.25, 0.3) is 0 Å². The lowest BCUT2D eigenvalue weighted by molar-refractivity contribution is 0.187. The van der Waals surface area contributed by atoms with E-state index in [0.29, 0.717) is 31.8 Å². The Balaban J connectivity index is 1.28. The Morgan fingerprint density at radius 3 is 2.76 bits per heavy atom. The van der Waals surface area contributed by atoms with Crippen molar-refractivity contribution in [2.45, 2.75) is 51.2 Å². The number of fused-ring (bicyclic) bond motifs is 2. The number of hydrogen-bond acceptors (Lipinski definition) is 9. The number of likely N-dealkylation sites (tertiary alicyclic amines) is 1. The summed E-state index contributed by atoms with van der Waals surface area (Å²) < 4.78 is 11.4. The SMILES string of the molecule is COCCN=C=NC1CCN(c2nc(OC[C@@H]3CCCN3C)nc3c2CCN(c2cccc4cccc(C)c24)C3)C1. The molecule has 0 spiro atoms. The van der Waals surface area contributed by atoms with Gasteiger partial charge in [0.05, 0.1) is 37.4 Å². The molecular formula is C32H41N7O2. The normalized spacial score (nSPS) is 20.8. The van der Waals surface area contributed by atoms with Crippen molar-refractivity contribution in [1.82, 2.24) is 14.9 Å². The van der Waals surface area contributed by atoms with E-state index in [4.69, 9.17) is 19.4 Å². The second kappa shape index (κ2) is 12.6. The summed E-state index contributed by atoms with van der Waals surface area (Å²) >= 11 is 0. The van der Waals surface area contributed by atoms with Crippen molar-refractivity contribution in [1.29, 1.82) is 0 Å². The summed E-state index contributed by atoms with van der Waals surface area (Å²) in [6, 6.07) is 17.1. The number of rotatable bonds is 9. The van der Waals surface area contributed by atoms with Gasteiger partial charge in [-0.25, -0.2) is 9.98 Å². The van der Waals surface area contributed by atoms with Crippen molar-refractivity contribution in [3.05, 3.63) is 53.2 Å².